The molecule has 0 spiro atoms. The van der Waals surface area contributed by atoms with Gasteiger partial charge in [-0.25, -0.2) is 4.79 Å². The number of hydrogen-bond donors (Lipinski definition) is 3. The van der Waals surface area contributed by atoms with E-state index in [4.69, 9.17) is 5.11 Å². The van der Waals surface area contributed by atoms with Gasteiger partial charge in [-0.05, 0) is 50.7 Å². The van der Waals surface area contributed by atoms with Crippen molar-refractivity contribution in [1.82, 2.24) is 9.97 Å². The van der Waals surface area contributed by atoms with Gasteiger partial charge in [0, 0.05) is 41.4 Å². The minimum absolute atomic E-state index is 0. The molecule has 8 nitrogen and oxygen atoms in total. The Morgan fingerprint density at radius 2 is 1.30 bits per heavy atom. The molecule has 0 amide bonds. The highest BCUT2D eigenvalue weighted by molar-refractivity contribution is 5.99. The molecule has 0 atom stereocenters. The maximum absolute atomic E-state index is 11.7. The summed E-state index contributed by atoms with van der Waals surface area (Å²) in [5.74, 6) is -1.24. The summed E-state index contributed by atoms with van der Waals surface area (Å²) in [4.78, 5) is 61.6. The number of nitrogens with one attached hydrogen (secondary N) is 2. The molecule has 2 aromatic heterocycles. The first-order valence-electron chi connectivity index (χ1n) is 9.65. The molecule has 8 heteroatoms. The number of ketones is 2. The Kier molecular flexibility index (Phi) is 7.63. The molecule has 2 aliphatic rings. The maximum atomic E-state index is 11.7. The number of fused-ring (bicyclic) bond motifs is 2. The van der Waals surface area contributed by atoms with Crippen molar-refractivity contribution in [3.63, 3.8) is 0 Å². The van der Waals surface area contributed by atoms with Crippen molar-refractivity contribution in [2.75, 3.05) is 0 Å². The number of aromatic amines is 2. The molecule has 30 heavy (non-hydrogen) atoms. The SMILES string of the molecule is C.O=C1CCCCc2[nH]c(=O)c(C(=O)O)cc21.O=C1CCCCc2[nH]c(=O)ccc21. The molecule has 0 saturated heterocycles. The molecular formula is C22H26N2O6. The van der Waals surface area contributed by atoms with Gasteiger partial charge in [-0.2, -0.15) is 0 Å². The molecule has 2 heterocycles. The number of carboxylic acids is 1. The average molecular weight is 414 g/mol. The van der Waals surface area contributed by atoms with Gasteiger partial charge < -0.3 is 15.1 Å². The molecule has 4 rings (SSSR count). The van der Waals surface area contributed by atoms with E-state index in [9.17, 15) is 24.0 Å². The Morgan fingerprint density at radius 3 is 1.90 bits per heavy atom. The van der Waals surface area contributed by atoms with Gasteiger partial charge in [0.1, 0.15) is 5.56 Å². The fourth-order valence-corrected chi connectivity index (χ4v) is 3.59. The largest absolute Gasteiger partial charge is 0.477 e. The number of rotatable bonds is 1. The van der Waals surface area contributed by atoms with E-state index in [0.717, 1.165) is 37.8 Å². The number of aryl methyl sites for hydroxylation is 2. The quantitative estimate of drug-likeness (QED) is 0.614. The zero-order valence-corrected chi connectivity index (χ0v) is 15.9. The predicted molar refractivity (Wildman–Crippen MR) is 112 cm³/mol. The van der Waals surface area contributed by atoms with Gasteiger partial charge in [-0.1, -0.05) is 7.43 Å². The second kappa shape index (κ2) is 9.96. The number of carboxylic acid groups (broad SMARTS) is 1. The summed E-state index contributed by atoms with van der Waals surface area (Å²) < 4.78 is 0. The van der Waals surface area contributed by atoms with Crippen LogP contribution in [0.1, 0.15) is 88.4 Å². The van der Waals surface area contributed by atoms with Crippen molar-refractivity contribution in [3.8, 4) is 0 Å². The minimum atomic E-state index is -1.30. The molecule has 0 radical (unpaired) electrons. The number of H-pyrrole nitrogens is 2. The monoisotopic (exact) mass is 414 g/mol. The van der Waals surface area contributed by atoms with Gasteiger partial charge in [0.05, 0.1) is 0 Å². The van der Waals surface area contributed by atoms with E-state index >= 15 is 0 Å². The number of carbonyl (C=O) groups is 3. The van der Waals surface area contributed by atoms with Crippen molar-refractivity contribution in [2.45, 2.75) is 58.8 Å². The van der Waals surface area contributed by atoms with Crippen molar-refractivity contribution in [2.24, 2.45) is 0 Å². The fraction of sp³-hybridized carbons (Fsp3) is 0.409. The normalized spacial score (nSPS) is 15.3. The van der Waals surface area contributed by atoms with E-state index in [1.165, 1.54) is 12.1 Å². The third-order valence-electron chi connectivity index (χ3n) is 5.12. The maximum Gasteiger partial charge on any atom is 0.341 e. The van der Waals surface area contributed by atoms with Gasteiger partial charge in [0.2, 0.25) is 5.56 Å². The molecule has 3 N–H and O–H groups in total. The van der Waals surface area contributed by atoms with Gasteiger partial charge >= 0.3 is 5.97 Å². The van der Waals surface area contributed by atoms with E-state index in [-0.39, 0.29) is 30.1 Å². The number of carbonyl (C=O) groups excluding carboxylic acids is 2. The molecule has 0 fully saturated rings. The van der Waals surface area contributed by atoms with Crippen LogP contribution in [0.3, 0.4) is 0 Å². The predicted octanol–water partition coefficient (Wildman–Crippen LogP) is 2.90. The third-order valence-corrected chi connectivity index (χ3v) is 5.12. The summed E-state index contributed by atoms with van der Waals surface area (Å²) in [6.07, 6.45) is 5.98. The van der Waals surface area contributed by atoms with Crippen molar-refractivity contribution < 1.29 is 19.5 Å². The lowest BCUT2D eigenvalue weighted by Gasteiger charge is -2.04. The van der Waals surface area contributed by atoms with Crippen LogP contribution in [0.5, 0.6) is 0 Å². The summed E-state index contributed by atoms with van der Waals surface area (Å²) in [5, 5.41) is 8.79. The summed E-state index contributed by atoms with van der Waals surface area (Å²) in [7, 11) is 0. The lowest BCUT2D eigenvalue weighted by atomic mass is 10.1. The molecule has 2 aliphatic carbocycles. The smallest absolute Gasteiger partial charge is 0.341 e. The zero-order chi connectivity index (χ0) is 21.0. The van der Waals surface area contributed by atoms with E-state index in [1.807, 2.05) is 0 Å². The number of hydrogen-bond acceptors (Lipinski definition) is 5. The number of Topliss-reactive ketones (excluding diaryl/α,β-unsaturated/α-hetero) is 2. The number of aromatic nitrogens is 2. The molecule has 0 saturated carbocycles. The van der Waals surface area contributed by atoms with E-state index in [0.29, 0.717) is 36.1 Å². The van der Waals surface area contributed by atoms with Gasteiger partial charge in [-0.3, -0.25) is 19.2 Å². The summed E-state index contributed by atoms with van der Waals surface area (Å²) in [6, 6.07) is 4.26. The van der Waals surface area contributed by atoms with Crippen LogP contribution in [0.25, 0.3) is 0 Å². The second-order valence-corrected chi connectivity index (χ2v) is 7.18. The molecule has 160 valence electrons. The molecule has 0 bridgehead atoms. The van der Waals surface area contributed by atoms with Crippen molar-refractivity contribution >= 4 is 17.5 Å². The highest BCUT2D eigenvalue weighted by atomic mass is 16.4. The van der Waals surface area contributed by atoms with Crippen molar-refractivity contribution in [1.29, 1.82) is 0 Å². The molecule has 0 aromatic carbocycles. The van der Waals surface area contributed by atoms with Crippen LogP contribution in [-0.2, 0) is 12.8 Å². The van der Waals surface area contributed by atoms with Gasteiger partial charge in [0.15, 0.2) is 11.6 Å². The van der Waals surface area contributed by atoms with E-state index in [1.54, 1.807) is 6.07 Å². The van der Waals surface area contributed by atoms with Crippen LogP contribution in [-0.4, -0.2) is 32.6 Å². The molecular weight excluding hydrogens is 388 g/mol. The Balaban J connectivity index is 0.000000211. The Labute approximate surface area is 173 Å². The Hall–Kier alpha value is -3.29. The summed E-state index contributed by atoms with van der Waals surface area (Å²) in [6.45, 7) is 0. The Morgan fingerprint density at radius 1 is 0.767 bits per heavy atom. The molecule has 0 unspecified atom stereocenters. The second-order valence-electron chi connectivity index (χ2n) is 7.18. The van der Waals surface area contributed by atoms with Crippen molar-refractivity contribution in [3.05, 3.63) is 67.0 Å². The standard InChI is InChI=1S/C11H11NO4.C10H11NO2.CH4/c13-9-4-2-1-3-8-6(9)5-7(11(15)16)10(14)12-8;12-9-4-2-1-3-8-7(9)5-6-10(13)11-8;/h5H,1-4H2,(H,12,14)(H,15,16);5-6H,1-4H2,(H,11,13);1H4. The topological polar surface area (TPSA) is 137 Å². The van der Waals surface area contributed by atoms with Crippen LogP contribution in [0.15, 0.2) is 27.8 Å². The van der Waals surface area contributed by atoms with Crippen LogP contribution in [0, 0.1) is 0 Å². The Bertz CT molecular complexity index is 1080. The zero-order valence-electron chi connectivity index (χ0n) is 15.9. The highest BCUT2D eigenvalue weighted by Gasteiger charge is 2.20. The fourth-order valence-electron chi connectivity index (χ4n) is 3.59. The van der Waals surface area contributed by atoms with E-state index in [2.05, 4.69) is 9.97 Å². The lowest BCUT2D eigenvalue weighted by molar-refractivity contribution is 0.0694. The van der Waals surface area contributed by atoms with Crippen LogP contribution in [0.4, 0.5) is 0 Å². The average Bonchev–Trinajstić information content (AvgIpc) is 2.97. The van der Waals surface area contributed by atoms with Gasteiger partial charge in [0.25, 0.3) is 5.56 Å². The first kappa shape index (κ1) is 23.0. The highest BCUT2D eigenvalue weighted by Crippen LogP contribution is 2.18. The first-order valence-corrected chi connectivity index (χ1v) is 9.65. The minimum Gasteiger partial charge on any atom is -0.477 e. The first-order chi connectivity index (χ1) is 13.9. The molecule has 2 aromatic rings. The van der Waals surface area contributed by atoms with Crippen LogP contribution >= 0.6 is 0 Å². The van der Waals surface area contributed by atoms with Crippen LogP contribution < -0.4 is 11.1 Å². The lowest BCUT2D eigenvalue weighted by Crippen LogP contribution is -2.21. The number of pyridine rings is 2. The molecule has 0 aliphatic heterocycles. The number of aromatic carboxylic acids is 1. The van der Waals surface area contributed by atoms with E-state index < -0.39 is 11.5 Å². The van der Waals surface area contributed by atoms with Gasteiger partial charge in [-0.15, -0.1) is 0 Å². The van der Waals surface area contributed by atoms with Crippen LogP contribution in [0.2, 0.25) is 0 Å². The summed E-state index contributed by atoms with van der Waals surface area (Å²) >= 11 is 0. The third kappa shape index (κ3) is 5.20. The summed E-state index contributed by atoms with van der Waals surface area (Å²) in [5.41, 5.74) is 1.32.